The second-order valence-corrected chi connectivity index (χ2v) is 7.16. The minimum Gasteiger partial charge on any atom is -0.362 e. The highest BCUT2D eigenvalue weighted by Gasteiger charge is 2.04. The van der Waals surface area contributed by atoms with Crippen LogP contribution in [0.3, 0.4) is 0 Å². The molecule has 128 valence electrons. The Labute approximate surface area is 158 Å². The molecule has 24 heavy (non-hydrogen) atoms. The van der Waals surface area contributed by atoms with Crippen LogP contribution >= 0.6 is 47.2 Å². The van der Waals surface area contributed by atoms with Crippen molar-refractivity contribution in [3.05, 3.63) is 63.6 Å². The lowest BCUT2D eigenvalue weighted by Gasteiger charge is -2.11. The SMILES string of the molecule is Fc1ccc(NC(=S)NCCSCc2ccc(Cl)cc2Cl)cc1F. The lowest BCUT2D eigenvalue weighted by molar-refractivity contribution is 0.509. The van der Waals surface area contributed by atoms with Gasteiger partial charge in [-0.15, -0.1) is 0 Å². The molecule has 0 aromatic heterocycles. The van der Waals surface area contributed by atoms with Crippen LogP contribution in [0.25, 0.3) is 0 Å². The molecule has 0 heterocycles. The Kier molecular flexibility index (Phi) is 7.55. The Morgan fingerprint density at radius 1 is 1.08 bits per heavy atom. The van der Waals surface area contributed by atoms with Crippen molar-refractivity contribution in [1.82, 2.24) is 5.32 Å². The van der Waals surface area contributed by atoms with Gasteiger partial charge in [0.25, 0.3) is 0 Å². The van der Waals surface area contributed by atoms with E-state index in [0.717, 1.165) is 29.2 Å². The molecule has 0 fully saturated rings. The molecule has 0 unspecified atom stereocenters. The monoisotopic (exact) mass is 406 g/mol. The van der Waals surface area contributed by atoms with Gasteiger partial charge in [0.15, 0.2) is 16.7 Å². The lowest BCUT2D eigenvalue weighted by Crippen LogP contribution is -2.30. The van der Waals surface area contributed by atoms with Crippen LogP contribution in [0.2, 0.25) is 10.0 Å². The molecule has 2 rings (SSSR count). The van der Waals surface area contributed by atoms with Gasteiger partial charge in [-0.05, 0) is 42.0 Å². The summed E-state index contributed by atoms with van der Waals surface area (Å²) in [5.41, 5.74) is 1.42. The quantitative estimate of drug-likeness (QED) is 0.489. The third kappa shape index (κ3) is 6.09. The standard InChI is InChI=1S/C16H14Cl2F2N2S2/c17-11-2-1-10(13(18)7-11)9-24-6-5-21-16(23)22-12-3-4-14(19)15(20)8-12/h1-4,7-8H,5-6,9H2,(H2,21,22,23). The van der Waals surface area contributed by atoms with Gasteiger partial charge in [0, 0.05) is 39.8 Å². The number of thiocarbonyl (C=S) groups is 1. The minimum absolute atomic E-state index is 0.353. The number of benzene rings is 2. The highest BCUT2D eigenvalue weighted by atomic mass is 35.5. The molecule has 0 spiro atoms. The third-order valence-electron chi connectivity index (χ3n) is 2.98. The van der Waals surface area contributed by atoms with Crippen LogP contribution in [0.5, 0.6) is 0 Å². The third-order valence-corrected chi connectivity index (χ3v) is 4.82. The Bertz CT molecular complexity index is 729. The fourth-order valence-electron chi connectivity index (χ4n) is 1.81. The van der Waals surface area contributed by atoms with E-state index in [0.29, 0.717) is 27.4 Å². The molecule has 0 aliphatic rings. The maximum Gasteiger partial charge on any atom is 0.170 e. The first-order valence-corrected chi connectivity index (χ1v) is 9.29. The van der Waals surface area contributed by atoms with Crippen molar-refractivity contribution in [3.63, 3.8) is 0 Å². The maximum absolute atomic E-state index is 13.1. The number of nitrogens with one attached hydrogen (secondary N) is 2. The summed E-state index contributed by atoms with van der Waals surface area (Å²) in [6.45, 7) is 0.630. The Hall–Kier alpha value is -1.08. The number of rotatable bonds is 6. The van der Waals surface area contributed by atoms with Crippen molar-refractivity contribution < 1.29 is 8.78 Å². The van der Waals surface area contributed by atoms with E-state index in [-0.39, 0.29) is 0 Å². The first-order valence-electron chi connectivity index (χ1n) is 6.97. The predicted octanol–water partition coefficient (Wildman–Crippen LogP) is 5.49. The zero-order chi connectivity index (χ0) is 17.5. The van der Waals surface area contributed by atoms with Crippen molar-refractivity contribution in [1.29, 1.82) is 0 Å². The molecular weight excluding hydrogens is 393 g/mol. The van der Waals surface area contributed by atoms with Gasteiger partial charge >= 0.3 is 0 Å². The topological polar surface area (TPSA) is 24.1 Å². The van der Waals surface area contributed by atoms with Crippen LogP contribution in [-0.2, 0) is 5.75 Å². The van der Waals surface area contributed by atoms with E-state index in [1.807, 2.05) is 12.1 Å². The summed E-state index contributed by atoms with van der Waals surface area (Å²) in [6.07, 6.45) is 0. The summed E-state index contributed by atoms with van der Waals surface area (Å²) in [6, 6.07) is 8.96. The van der Waals surface area contributed by atoms with Gasteiger partial charge in [-0.3, -0.25) is 0 Å². The summed E-state index contributed by atoms with van der Waals surface area (Å²) in [4.78, 5) is 0. The molecule has 0 saturated heterocycles. The van der Waals surface area contributed by atoms with E-state index in [2.05, 4.69) is 10.6 Å². The maximum atomic E-state index is 13.1. The molecule has 0 bridgehead atoms. The van der Waals surface area contributed by atoms with E-state index < -0.39 is 11.6 Å². The van der Waals surface area contributed by atoms with Crippen molar-refractivity contribution in [2.24, 2.45) is 0 Å². The largest absolute Gasteiger partial charge is 0.362 e. The van der Waals surface area contributed by atoms with Crippen LogP contribution in [-0.4, -0.2) is 17.4 Å². The Balaban J connectivity index is 1.68. The highest BCUT2D eigenvalue weighted by Crippen LogP contribution is 2.24. The summed E-state index contributed by atoms with van der Waals surface area (Å²) < 4.78 is 25.9. The first-order chi connectivity index (χ1) is 11.5. The molecule has 0 aliphatic heterocycles. The predicted molar refractivity (Wildman–Crippen MR) is 103 cm³/mol. The number of hydrogen-bond donors (Lipinski definition) is 2. The number of thioether (sulfide) groups is 1. The van der Waals surface area contributed by atoms with Crippen molar-refractivity contribution in [3.8, 4) is 0 Å². The van der Waals surface area contributed by atoms with E-state index in [1.165, 1.54) is 6.07 Å². The first kappa shape index (κ1) is 19.2. The second-order valence-electron chi connectivity index (χ2n) is 4.80. The Morgan fingerprint density at radius 2 is 1.88 bits per heavy atom. The molecule has 2 nitrogen and oxygen atoms in total. The average Bonchev–Trinajstić information content (AvgIpc) is 2.52. The van der Waals surface area contributed by atoms with E-state index in [9.17, 15) is 8.78 Å². The van der Waals surface area contributed by atoms with Crippen LogP contribution in [0, 0.1) is 11.6 Å². The molecule has 0 amide bonds. The van der Waals surface area contributed by atoms with Gasteiger partial charge in [-0.1, -0.05) is 29.3 Å². The lowest BCUT2D eigenvalue weighted by atomic mass is 10.2. The smallest absolute Gasteiger partial charge is 0.170 e. The average molecular weight is 407 g/mol. The molecule has 2 N–H and O–H groups in total. The van der Waals surface area contributed by atoms with Gasteiger partial charge < -0.3 is 10.6 Å². The number of hydrogen-bond acceptors (Lipinski definition) is 2. The van der Waals surface area contributed by atoms with Gasteiger partial charge in [0.1, 0.15) is 0 Å². The van der Waals surface area contributed by atoms with Gasteiger partial charge in [0.05, 0.1) is 0 Å². The van der Waals surface area contributed by atoms with Gasteiger partial charge in [-0.25, -0.2) is 8.78 Å². The van der Waals surface area contributed by atoms with Gasteiger partial charge in [0.2, 0.25) is 0 Å². The van der Waals surface area contributed by atoms with E-state index in [4.69, 9.17) is 35.4 Å². The molecule has 2 aromatic carbocycles. The zero-order valence-corrected chi connectivity index (χ0v) is 15.6. The van der Waals surface area contributed by atoms with Crippen molar-refractivity contribution >= 4 is 58.0 Å². The zero-order valence-electron chi connectivity index (χ0n) is 12.4. The molecule has 0 atom stereocenters. The van der Waals surface area contributed by atoms with E-state index >= 15 is 0 Å². The normalized spacial score (nSPS) is 10.5. The molecule has 0 saturated carbocycles. The Morgan fingerprint density at radius 3 is 2.58 bits per heavy atom. The number of halogens is 4. The fraction of sp³-hybridized carbons (Fsp3) is 0.188. The summed E-state index contributed by atoms with van der Waals surface area (Å²) >= 11 is 18.8. The summed E-state index contributed by atoms with van der Waals surface area (Å²) in [5, 5.41) is 7.43. The van der Waals surface area contributed by atoms with Crippen LogP contribution in [0.4, 0.5) is 14.5 Å². The van der Waals surface area contributed by atoms with Crippen LogP contribution in [0.1, 0.15) is 5.56 Å². The second kappa shape index (κ2) is 9.42. The van der Waals surface area contributed by atoms with Gasteiger partial charge in [-0.2, -0.15) is 11.8 Å². The van der Waals surface area contributed by atoms with Crippen molar-refractivity contribution in [2.75, 3.05) is 17.6 Å². The molecule has 0 aliphatic carbocycles. The summed E-state index contributed by atoms with van der Waals surface area (Å²) in [5.74, 6) is -0.241. The highest BCUT2D eigenvalue weighted by molar-refractivity contribution is 7.98. The minimum atomic E-state index is -0.918. The van der Waals surface area contributed by atoms with Crippen LogP contribution in [0.15, 0.2) is 36.4 Å². The van der Waals surface area contributed by atoms with Crippen molar-refractivity contribution in [2.45, 2.75) is 5.75 Å². The molecular formula is C16H14Cl2F2N2S2. The summed E-state index contributed by atoms with van der Waals surface area (Å²) in [7, 11) is 0. The molecule has 8 heteroatoms. The fourth-order valence-corrected chi connectivity index (χ4v) is 3.44. The van der Waals surface area contributed by atoms with Crippen LogP contribution < -0.4 is 10.6 Å². The van der Waals surface area contributed by atoms with E-state index in [1.54, 1.807) is 17.8 Å². The molecule has 2 aromatic rings. The molecule has 0 radical (unpaired) electrons. The number of anilines is 1.